The van der Waals surface area contributed by atoms with E-state index in [-0.39, 0.29) is 5.54 Å². The minimum Gasteiger partial charge on any atom is -0.246 e. The summed E-state index contributed by atoms with van der Waals surface area (Å²) in [6, 6.07) is 18.1. The van der Waals surface area contributed by atoms with Crippen LogP contribution in [0.15, 0.2) is 70.9 Å². The molecule has 6 heterocycles. The van der Waals surface area contributed by atoms with Crippen LogP contribution in [-0.2, 0) is 5.54 Å². The summed E-state index contributed by atoms with van der Waals surface area (Å²) < 4.78 is 5.40. The Morgan fingerprint density at radius 3 is 2.97 bits per heavy atom. The smallest absolute Gasteiger partial charge is 0.228 e. The lowest BCUT2D eigenvalue weighted by atomic mass is 9.74. The van der Waals surface area contributed by atoms with Gasteiger partial charge in [0, 0.05) is 44.8 Å². The fourth-order valence-corrected chi connectivity index (χ4v) is 7.56. The largest absolute Gasteiger partial charge is 0.246 e. The molecule has 0 amide bonds. The van der Waals surface area contributed by atoms with Gasteiger partial charge < -0.3 is 0 Å². The first-order valence-corrected chi connectivity index (χ1v) is 12.1. The van der Waals surface area contributed by atoms with Crippen molar-refractivity contribution in [1.29, 1.82) is 0 Å². The second kappa shape index (κ2) is 5.41. The summed E-state index contributed by atoms with van der Waals surface area (Å²) in [5.74, 6) is 0.517. The summed E-state index contributed by atoms with van der Waals surface area (Å²) >= 11 is 1.90. The molecule has 2 atom stereocenters. The van der Waals surface area contributed by atoms with Crippen molar-refractivity contribution in [3.05, 3.63) is 82.1 Å². The van der Waals surface area contributed by atoms with Crippen LogP contribution in [0, 0.1) is 5.92 Å². The lowest BCUT2D eigenvalue weighted by Gasteiger charge is -2.35. The van der Waals surface area contributed by atoms with Crippen molar-refractivity contribution in [2.75, 3.05) is 0 Å². The summed E-state index contributed by atoms with van der Waals surface area (Å²) in [4.78, 5) is 5.06. The molecule has 2 unspecified atom stereocenters. The number of pyridine rings is 1. The molecular weight excluding hydrogens is 396 g/mol. The Morgan fingerprint density at radius 2 is 2.03 bits per heavy atom. The van der Waals surface area contributed by atoms with E-state index in [2.05, 4.69) is 78.2 Å². The van der Waals surface area contributed by atoms with E-state index < -0.39 is 0 Å². The molecule has 2 aromatic carbocycles. The molecule has 4 aliphatic heterocycles. The fourth-order valence-electron chi connectivity index (χ4n) is 6.44. The maximum atomic E-state index is 5.06. The molecule has 5 aliphatic rings. The Kier molecular flexibility index (Phi) is 2.90. The normalized spacial score (nSPS) is 24.2. The molecule has 0 spiro atoms. The summed E-state index contributed by atoms with van der Waals surface area (Å²) in [7, 11) is 0. The molecule has 0 saturated carbocycles. The first-order valence-electron chi connectivity index (χ1n) is 11.3. The summed E-state index contributed by atoms with van der Waals surface area (Å²) in [6.07, 6.45) is 10.7. The third-order valence-electron chi connectivity index (χ3n) is 7.94. The average molecular weight is 418 g/mol. The number of hydrogen-bond acceptors (Lipinski definition) is 2. The van der Waals surface area contributed by atoms with Gasteiger partial charge in [0.2, 0.25) is 11.0 Å². The van der Waals surface area contributed by atoms with Gasteiger partial charge in [0.25, 0.3) is 0 Å². The van der Waals surface area contributed by atoms with Gasteiger partial charge in [-0.2, -0.15) is 4.57 Å². The molecule has 3 heteroatoms. The first kappa shape index (κ1) is 16.6. The molecule has 2 nitrogen and oxygen atoms in total. The zero-order valence-corrected chi connectivity index (χ0v) is 18.2. The van der Waals surface area contributed by atoms with Crippen molar-refractivity contribution in [3.63, 3.8) is 0 Å². The SMILES string of the molecule is CCC12C=Cc3ccc4sc5ccccc5c4c3-c3ccc4c([n+]31)=CCC2C1=C(C1)N=4. The van der Waals surface area contributed by atoms with Crippen LogP contribution < -0.4 is 15.3 Å². The maximum Gasteiger partial charge on any atom is 0.228 e. The van der Waals surface area contributed by atoms with Crippen LogP contribution in [0.5, 0.6) is 0 Å². The Labute approximate surface area is 184 Å². The molecular formula is C28H21N2S+. The van der Waals surface area contributed by atoms with Gasteiger partial charge >= 0.3 is 0 Å². The lowest BCUT2D eigenvalue weighted by molar-refractivity contribution is -0.764. The number of allylic oxidation sites excluding steroid dienone is 3. The Morgan fingerprint density at radius 1 is 1.10 bits per heavy atom. The van der Waals surface area contributed by atoms with E-state index in [4.69, 9.17) is 4.99 Å². The van der Waals surface area contributed by atoms with Crippen LogP contribution in [-0.4, -0.2) is 0 Å². The van der Waals surface area contributed by atoms with Crippen molar-refractivity contribution in [1.82, 2.24) is 0 Å². The Bertz CT molecular complexity index is 1680. The third kappa shape index (κ3) is 1.90. The van der Waals surface area contributed by atoms with Crippen LogP contribution in [0.1, 0.15) is 31.7 Å². The van der Waals surface area contributed by atoms with E-state index in [0.29, 0.717) is 5.92 Å². The summed E-state index contributed by atoms with van der Waals surface area (Å²) in [5.41, 5.74) is 6.97. The predicted octanol–water partition coefficient (Wildman–Crippen LogP) is 5.23. The first-order chi connectivity index (χ1) is 15.3. The third-order valence-corrected chi connectivity index (χ3v) is 9.08. The van der Waals surface area contributed by atoms with E-state index in [9.17, 15) is 0 Å². The topological polar surface area (TPSA) is 16.2 Å². The number of hydrogen-bond donors (Lipinski definition) is 0. The number of fused-ring (bicyclic) bond motifs is 7. The van der Waals surface area contributed by atoms with Crippen molar-refractivity contribution < 1.29 is 4.57 Å². The zero-order chi connectivity index (χ0) is 20.3. The van der Waals surface area contributed by atoms with Gasteiger partial charge in [-0.25, -0.2) is 4.99 Å². The van der Waals surface area contributed by atoms with Gasteiger partial charge in [-0.1, -0.05) is 37.3 Å². The average Bonchev–Trinajstić information content (AvgIpc) is 3.46. The lowest BCUT2D eigenvalue weighted by Crippen LogP contribution is -2.73. The van der Waals surface area contributed by atoms with Crippen molar-refractivity contribution in [3.8, 4) is 11.3 Å². The highest BCUT2D eigenvalue weighted by Gasteiger charge is 2.54. The second-order valence-electron chi connectivity index (χ2n) is 9.26. The van der Waals surface area contributed by atoms with E-state index in [1.165, 1.54) is 48.0 Å². The van der Waals surface area contributed by atoms with Crippen LogP contribution in [0.2, 0.25) is 0 Å². The predicted molar refractivity (Wildman–Crippen MR) is 127 cm³/mol. The minimum atomic E-state index is -0.0143. The van der Waals surface area contributed by atoms with Crippen molar-refractivity contribution in [2.24, 2.45) is 10.9 Å². The Balaban J connectivity index is 1.62. The zero-order valence-electron chi connectivity index (χ0n) is 17.4. The molecule has 4 aromatic rings. The second-order valence-corrected chi connectivity index (χ2v) is 10.3. The van der Waals surface area contributed by atoms with Crippen LogP contribution in [0.3, 0.4) is 0 Å². The number of aromatic nitrogens is 1. The molecule has 9 rings (SSSR count). The van der Waals surface area contributed by atoms with Gasteiger partial charge in [0.1, 0.15) is 5.36 Å². The van der Waals surface area contributed by atoms with Gasteiger partial charge in [-0.15, -0.1) is 11.3 Å². The monoisotopic (exact) mass is 417 g/mol. The molecule has 0 N–H and O–H groups in total. The molecule has 148 valence electrons. The van der Waals surface area contributed by atoms with Gasteiger partial charge in [-0.05, 0) is 47.9 Å². The molecule has 4 bridgehead atoms. The van der Waals surface area contributed by atoms with Gasteiger partial charge in [0.05, 0.1) is 11.5 Å². The highest BCUT2D eigenvalue weighted by Crippen LogP contribution is 2.50. The van der Waals surface area contributed by atoms with Crippen LogP contribution in [0.4, 0.5) is 0 Å². The van der Waals surface area contributed by atoms with E-state index in [1.807, 2.05) is 11.3 Å². The fraction of sp³-hybridized carbons (Fsp3) is 0.214. The summed E-state index contributed by atoms with van der Waals surface area (Å²) in [5, 5.41) is 5.22. The van der Waals surface area contributed by atoms with Gasteiger partial charge in [-0.3, -0.25) is 0 Å². The number of nitrogens with zero attached hydrogens (tertiary/aromatic N) is 2. The number of thiophene rings is 1. The van der Waals surface area contributed by atoms with E-state index in [1.54, 1.807) is 5.57 Å². The Hall–Kier alpha value is -3.04. The van der Waals surface area contributed by atoms with E-state index >= 15 is 0 Å². The molecule has 0 saturated heterocycles. The molecule has 2 aromatic heterocycles. The molecule has 1 aliphatic carbocycles. The molecule has 0 radical (unpaired) electrons. The molecule has 0 fully saturated rings. The number of benzene rings is 2. The van der Waals surface area contributed by atoms with Crippen LogP contribution in [0.25, 0.3) is 43.6 Å². The number of rotatable bonds is 1. The molecule has 31 heavy (non-hydrogen) atoms. The minimum absolute atomic E-state index is 0.0143. The van der Waals surface area contributed by atoms with Crippen molar-refractivity contribution in [2.45, 2.75) is 31.7 Å². The summed E-state index contributed by atoms with van der Waals surface area (Å²) in [6.45, 7) is 2.36. The van der Waals surface area contributed by atoms with E-state index in [0.717, 1.165) is 24.6 Å². The van der Waals surface area contributed by atoms with Gasteiger partial charge in [0.15, 0.2) is 5.54 Å². The quantitative estimate of drug-likeness (QED) is 0.377. The van der Waals surface area contributed by atoms with Crippen molar-refractivity contribution >= 4 is 43.7 Å². The maximum absolute atomic E-state index is 5.06. The highest BCUT2D eigenvalue weighted by atomic mass is 32.1. The highest BCUT2D eigenvalue weighted by molar-refractivity contribution is 7.25. The van der Waals surface area contributed by atoms with Crippen LogP contribution >= 0.6 is 11.3 Å². The standard InChI is InChI=1S/C28H21N2S/c1-2-28-14-13-16-7-12-25-27(17-5-3-4-6-24(17)31-25)26(16)23-11-9-20-22(30(23)28)10-8-19(28)18-15-21(18)29-20/h3-7,9-14,19H,2,8,15H2,1H3/q+1.